The van der Waals surface area contributed by atoms with Crippen LogP contribution in [0, 0.1) is 0 Å². The fourth-order valence-corrected chi connectivity index (χ4v) is 4.51. The van der Waals surface area contributed by atoms with Crippen LogP contribution in [0.25, 0.3) is 0 Å². The van der Waals surface area contributed by atoms with E-state index in [-0.39, 0.29) is 29.4 Å². The molecule has 1 saturated carbocycles. The van der Waals surface area contributed by atoms with E-state index in [2.05, 4.69) is 37.6 Å². The summed E-state index contributed by atoms with van der Waals surface area (Å²) in [5.41, 5.74) is 1.44. The highest BCUT2D eigenvalue weighted by Crippen LogP contribution is 2.49. The van der Waals surface area contributed by atoms with Crippen LogP contribution in [0.4, 0.5) is 5.82 Å². The third-order valence-corrected chi connectivity index (χ3v) is 6.52. The number of nitrogens with zero attached hydrogens (tertiary/aromatic N) is 3. The van der Waals surface area contributed by atoms with Crippen LogP contribution < -0.4 is 25.0 Å². The van der Waals surface area contributed by atoms with Crippen molar-refractivity contribution in [1.29, 1.82) is 0 Å². The standard InChI is InChI=1S/C22H26ClN5O2.HI/c1-24-21(27-16-6-10-28(12-16)20-17(23)3-2-9-25-20)26-13-22(7-8-22)15-4-5-18-19(11-15)30-14-29-18;/h2-5,9,11,16H,6-8,10,12-14H2,1H3,(H2,24,26,27);1H. The molecule has 1 aliphatic carbocycles. The lowest BCUT2D eigenvalue weighted by Gasteiger charge is -2.22. The van der Waals surface area contributed by atoms with Gasteiger partial charge in [-0.2, -0.15) is 0 Å². The van der Waals surface area contributed by atoms with Gasteiger partial charge in [-0.1, -0.05) is 17.7 Å². The molecule has 31 heavy (non-hydrogen) atoms. The van der Waals surface area contributed by atoms with Gasteiger partial charge in [0, 0.05) is 44.3 Å². The largest absolute Gasteiger partial charge is 0.454 e. The van der Waals surface area contributed by atoms with Gasteiger partial charge in [-0.15, -0.1) is 24.0 Å². The third kappa shape index (κ3) is 4.64. The summed E-state index contributed by atoms with van der Waals surface area (Å²) in [7, 11) is 1.82. The number of hydrogen-bond acceptors (Lipinski definition) is 5. The van der Waals surface area contributed by atoms with Gasteiger partial charge in [0.05, 0.1) is 5.02 Å². The fourth-order valence-electron chi connectivity index (χ4n) is 4.27. The minimum Gasteiger partial charge on any atom is -0.454 e. The summed E-state index contributed by atoms with van der Waals surface area (Å²) in [6.07, 6.45) is 5.12. The molecule has 166 valence electrons. The second-order valence-corrected chi connectivity index (χ2v) is 8.57. The first kappa shape index (κ1) is 22.3. The maximum atomic E-state index is 6.31. The maximum absolute atomic E-state index is 6.31. The molecule has 0 spiro atoms. The highest BCUT2D eigenvalue weighted by molar-refractivity contribution is 14.0. The second kappa shape index (κ2) is 9.28. The van der Waals surface area contributed by atoms with E-state index in [1.54, 1.807) is 6.20 Å². The second-order valence-electron chi connectivity index (χ2n) is 8.16. The number of benzene rings is 1. The molecule has 1 aromatic heterocycles. The molecule has 2 fully saturated rings. The van der Waals surface area contributed by atoms with Crippen molar-refractivity contribution in [3.63, 3.8) is 0 Å². The zero-order valence-electron chi connectivity index (χ0n) is 17.4. The van der Waals surface area contributed by atoms with Gasteiger partial charge in [-0.05, 0) is 49.1 Å². The minimum atomic E-state index is 0. The fraction of sp³-hybridized carbons (Fsp3) is 0.455. The summed E-state index contributed by atoms with van der Waals surface area (Å²) in [5, 5.41) is 7.79. The van der Waals surface area contributed by atoms with E-state index in [1.807, 2.05) is 25.2 Å². The zero-order chi connectivity index (χ0) is 20.6. The predicted molar refractivity (Wildman–Crippen MR) is 133 cm³/mol. The molecule has 0 radical (unpaired) electrons. The third-order valence-electron chi connectivity index (χ3n) is 6.22. The van der Waals surface area contributed by atoms with Crippen LogP contribution in [-0.2, 0) is 5.41 Å². The van der Waals surface area contributed by atoms with E-state index in [1.165, 1.54) is 5.56 Å². The van der Waals surface area contributed by atoms with Crippen molar-refractivity contribution in [2.75, 3.05) is 38.4 Å². The molecular formula is C22H27ClIN5O2. The monoisotopic (exact) mass is 555 g/mol. The molecule has 2 N–H and O–H groups in total. The smallest absolute Gasteiger partial charge is 0.231 e. The number of rotatable bonds is 5. The van der Waals surface area contributed by atoms with Crippen molar-refractivity contribution in [3.8, 4) is 11.5 Å². The van der Waals surface area contributed by atoms with Crippen molar-refractivity contribution in [1.82, 2.24) is 15.6 Å². The number of guanidine groups is 1. The van der Waals surface area contributed by atoms with Crippen molar-refractivity contribution >= 4 is 47.4 Å². The number of aromatic nitrogens is 1. The molecule has 1 saturated heterocycles. The molecule has 5 rings (SSSR count). The van der Waals surface area contributed by atoms with Gasteiger partial charge < -0.3 is 25.0 Å². The number of hydrogen-bond donors (Lipinski definition) is 2. The van der Waals surface area contributed by atoms with Crippen LogP contribution in [0.3, 0.4) is 0 Å². The molecule has 9 heteroatoms. The molecule has 7 nitrogen and oxygen atoms in total. The van der Waals surface area contributed by atoms with Crippen LogP contribution in [0.2, 0.25) is 5.02 Å². The van der Waals surface area contributed by atoms with E-state index in [9.17, 15) is 0 Å². The van der Waals surface area contributed by atoms with Crippen LogP contribution >= 0.6 is 35.6 Å². The number of pyridine rings is 1. The average molecular weight is 556 g/mol. The first-order valence-electron chi connectivity index (χ1n) is 10.4. The highest BCUT2D eigenvalue weighted by atomic mass is 127. The van der Waals surface area contributed by atoms with Gasteiger partial charge in [0.25, 0.3) is 0 Å². The molecule has 0 amide bonds. The Hall–Kier alpha value is -1.94. The summed E-state index contributed by atoms with van der Waals surface area (Å²) in [4.78, 5) is 11.1. The van der Waals surface area contributed by atoms with Gasteiger partial charge in [0.2, 0.25) is 6.79 Å². The summed E-state index contributed by atoms with van der Waals surface area (Å²) < 4.78 is 11.0. The molecule has 1 unspecified atom stereocenters. The Morgan fingerprint density at radius 2 is 2.13 bits per heavy atom. The lowest BCUT2D eigenvalue weighted by atomic mass is 9.95. The van der Waals surface area contributed by atoms with Crippen LogP contribution in [0.15, 0.2) is 41.5 Å². The van der Waals surface area contributed by atoms with Crippen molar-refractivity contribution in [3.05, 3.63) is 47.1 Å². The summed E-state index contributed by atoms with van der Waals surface area (Å²) >= 11 is 6.31. The molecule has 1 aromatic carbocycles. The molecule has 2 aliphatic heterocycles. The first-order valence-corrected chi connectivity index (χ1v) is 10.8. The van der Waals surface area contributed by atoms with Gasteiger partial charge in [0.15, 0.2) is 17.5 Å². The molecule has 1 atom stereocenters. The van der Waals surface area contributed by atoms with Gasteiger partial charge in [-0.3, -0.25) is 4.99 Å². The Balaban J connectivity index is 0.00000231. The van der Waals surface area contributed by atoms with E-state index in [4.69, 9.17) is 21.1 Å². The Labute approximate surface area is 204 Å². The molecule has 3 aliphatic rings. The van der Waals surface area contributed by atoms with Crippen molar-refractivity contribution in [2.45, 2.75) is 30.7 Å². The molecule has 3 heterocycles. The van der Waals surface area contributed by atoms with Crippen LogP contribution in [0.1, 0.15) is 24.8 Å². The number of halogens is 2. The molecular weight excluding hydrogens is 529 g/mol. The summed E-state index contributed by atoms with van der Waals surface area (Å²) in [6, 6.07) is 10.3. The number of fused-ring (bicyclic) bond motifs is 1. The van der Waals surface area contributed by atoms with Crippen molar-refractivity contribution in [2.24, 2.45) is 4.99 Å². The Bertz CT molecular complexity index is 969. The SMILES string of the molecule is CN=C(NCC1(c2ccc3c(c2)OCO3)CC1)NC1CCN(c2ncccc2Cl)C1.I. The predicted octanol–water partition coefficient (Wildman–Crippen LogP) is 3.56. The molecule has 0 bridgehead atoms. The summed E-state index contributed by atoms with van der Waals surface area (Å²) in [6.45, 7) is 2.93. The Morgan fingerprint density at radius 1 is 1.29 bits per heavy atom. The lowest BCUT2D eigenvalue weighted by molar-refractivity contribution is 0.174. The quantitative estimate of drug-likeness (QED) is 0.334. The maximum Gasteiger partial charge on any atom is 0.231 e. The van der Waals surface area contributed by atoms with Gasteiger partial charge in [0.1, 0.15) is 5.82 Å². The number of nitrogens with one attached hydrogen (secondary N) is 2. The van der Waals surface area contributed by atoms with Crippen LogP contribution in [0.5, 0.6) is 11.5 Å². The van der Waals surface area contributed by atoms with E-state index in [0.29, 0.717) is 17.9 Å². The normalized spacial score (nSPS) is 20.9. The zero-order valence-corrected chi connectivity index (χ0v) is 20.5. The van der Waals surface area contributed by atoms with E-state index < -0.39 is 0 Å². The number of aliphatic imine (C=N–C) groups is 1. The summed E-state index contributed by atoms with van der Waals surface area (Å²) in [5.74, 6) is 3.37. The Morgan fingerprint density at radius 3 is 2.90 bits per heavy atom. The lowest BCUT2D eigenvalue weighted by Crippen LogP contribution is -2.46. The van der Waals surface area contributed by atoms with Crippen LogP contribution in [-0.4, -0.2) is 50.5 Å². The first-order chi connectivity index (χ1) is 14.7. The minimum absolute atomic E-state index is 0. The number of ether oxygens (including phenoxy) is 2. The topological polar surface area (TPSA) is 71.0 Å². The van der Waals surface area contributed by atoms with Gasteiger partial charge >= 0.3 is 0 Å². The van der Waals surface area contributed by atoms with E-state index >= 15 is 0 Å². The Kier molecular flexibility index (Phi) is 6.66. The van der Waals surface area contributed by atoms with Gasteiger partial charge in [-0.25, -0.2) is 4.98 Å². The average Bonchev–Trinajstić information content (AvgIpc) is 3.18. The molecule has 2 aromatic rings. The van der Waals surface area contributed by atoms with Crippen molar-refractivity contribution < 1.29 is 9.47 Å². The number of anilines is 1. The van der Waals surface area contributed by atoms with E-state index in [0.717, 1.165) is 62.2 Å². The highest BCUT2D eigenvalue weighted by Gasteiger charge is 2.45.